The number of nitrogen functional groups attached to an aromatic ring is 1. The average Bonchev–Trinajstić information content (AvgIpc) is 2.87. The van der Waals surface area contributed by atoms with Crippen LogP contribution in [0.5, 0.6) is 5.75 Å². The second kappa shape index (κ2) is 5.82. The maximum atomic E-state index is 12.2. The molecule has 3 aromatic rings. The molecule has 0 aliphatic heterocycles. The van der Waals surface area contributed by atoms with Crippen molar-refractivity contribution >= 4 is 49.9 Å². The van der Waals surface area contributed by atoms with Crippen LogP contribution in [0.1, 0.15) is 10.4 Å². The van der Waals surface area contributed by atoms with E-state index in [1.165, 1.54) is 11.3 Å². The SMILES string of the molecule is COc1cc(NC(=O)c2ccc(Cl)cc2)cc2sc(N)nc12. The fourth-order valence-electron chi connectivity index (χ4n) is 2.05. The van der Waals surface area contributed by atoms with E-state index in [2.05, 4.69) is 10.3 Å². The second-order valence-electron chi connectivity index (χ2n) is 4.54. The lowest BCUT2D eigenvalue weighted by Crippen LogP contribution is -2.11. The van der Waals surface area contributed by atoms with Gasteiger partial charge in [-0.2, -0.15) is 0 Å². The van der Waals surface area contributed by atoms with Gasteiger partial charge < -0.3 is 15.8 Å². The van der Waals surface area contributed by atoms with Crippen molar-refractivity contribution in [3.63, 3.8) is 0 Å². The number of halogens is 1. The number of methoxy groups -OCH3 is 1. The van der Waals surface area contributed by atoms with Crippen LogP contribution in [-0.2, 0) is 0 Å². The topological polar surface area (TPSA) is 77.2 Å². The van der Waals surface area contributed by atoms with Crippen LogP contribution in [0.4, 0.5) is 10.8 Å². The molecule has 112 valence electrons. The summed E-state index contributed by atoms with van der Waals surface area (Å²) in [5, 5.41) is 3.87. The van der Waals surface area contributed by atoms with Crippen LogP contribution < -0.4 is 15.8 Å². The van der Waals surface area contributed by atoms with Gasteiger partial charge in [0.25, 0.3) is 5.91 Å². The van der Waals surface area contributed by atoms with Gasteiger partial charge in [0, 0.05) is 22.3 Å². The van der Waals surface area contributed by atoms with E-state index < -0.39 is 0 Å². The van der Waals surface area contributed by atoms with Gasteiger partial charge in [0.05, 0.1) is 11.8 Å². The summed E-state index contributed by atoms with van der Waals surface area (Å²) >= 11 is 7.16. The number of carbonyl (C=O) groups excluding carboxylic acids is 1. The highest BCUT2D eigenvalue weighted by Gasteiger charge is 2.12. The summed E-state index contributed by atoms with van der Waals surface area (Å²) < 4.78 is 6.15. The first-order valence-electron chi connectivity index (χ1n) is 6.38. The number of aromatic nitrogens is 1. The number of fused-ring (bicyclic) bond motifs is 1. The molecular formula is C15H12ClN3O2S. The van der Waals surface area contributed by atoms with Gasteiger partial charge in [-0.25, -0.2) is 4.98 Å². The van der Waals surface area contributed by atoms with Crippen LogP contribution in [-0.4, -0.2) is 18.0 Å². The number of amides is 1. The minimum atomic E-state index is -0.226. The van der Waals surface area contributed by atoms with E-state index >= 15 is 0 Å². The van der Waals surface area contributed by atoms with Crippen LogP contribution >= 0.6 is 22.9 Å². The second-order valence-corrected chi connectivity index (χ2v) is 6.04. The fraction of sp³-hybridized carbons (Fsp3) is 0.0667. The standard InChI is InChI=1S/C15H12ClN3O2S/c1-21-11-6-10(7-12-13(11)19-15(17)22-12)18-14(20)8-2-4-9(16)5-3-8/h2-7H,1H3,(H2,17,19)(H,18,20). The molecule has 22 heavy (non-hydrogen) atoms. The van der Waals surface area contributed by atoms with Crippen LogP contribution in [0.3, 0.4) is 0 Å². The van der Waals surface area contributed by atoms with Crippen LogP contribution in [0.25, 0.3) is 10.2 Å². The van der Waals surface area contributed by atoms with Crippen molar-refractivity contribution in [2.45, 2.75) is 0 Å². The van der Waals surface area contributed by atoms with Gasteiger partial charge >= 0.3 is 0 Å². The Morgan fingerprint density at radius 3 is 2.73 bits per heavy atom. The summed E-state index contributed by atoms with van der Waals surface area (Å²) in [4.78, 5) is 16.5. The molecule has 0 fully saturated rings. The molecule has 0 saturated heterocycles. The largest absolute Gasteiger partial charge is 0.494 e. The Kier molecular flexibility index (Phi) is 3.87. The molecule has 0 atom stereocenters. The molecule has 1 amide bonds. The molecule has 0 saturated carbocycles. The molecule has 0 bridgehead atoms. The minimum absolute atomic E-state index is 0.226. The molecule has 3 rings (SSSR count). The number of thiazole rings is 1. The first kappa shape index (κ1) is 14.6. The molecule has 0 radical (unpaired) electrons. The monoisotopic (exact) mass is 333 g/mol. The van der Waals surface area contributed by atoms with Crippen molar-refractivity contribution in [3.05, 3.63) is 47.0 Å². The third-order valence-electron chi connectivity index (χ3n) is 3.06. The highest BCUT2D eigenvalue weighted by atomic mass is 35.5. The molecular weight excluding hydrogens is 322 g/mol. The molecule has 2 aromatic carbocycles. The van der Waals surface area contributed by atoms with Crippen molar-refractivity contribution in [1.82, 2.24) is 4.98 Å². The number of ether oxygens (including phenoxy) is 1. The van der Waals surface area contributed by atoms with Crippen LogP contribution in [0.2, 0.25) is 5.02 Å². The summed E-state index contributed by atoms with van der Waals surface area (Å²) in [5.41, 5.74) is 7.55. The maximum absolute atomic E-state index is 12.2. The number of hydrogen-bond donors (Lipinski definition) is 2. The number of benzene rings is 2. The Bertz CT molecular complexity index is 846. The number of carbonyl (C=O) groups is 1. The zero-order valence-corrected chi connectivity index (χ0v) is 13.2. The smallest absolute Gasteiger partial charge is 0.255 e. The number of nitrogens with one attached hydrogen (secondary N) is 1. The fourth-order valence-corrected chi connectivity index (χ4v) is 2.97. The molecule has 1 heterocycles. The third-order valence-corrected chi connectivity index (χ3v) is 4.14. The van der Waals surface area contributed by atoms with Crippen molar-refractivity contribution in [2.75, 3.05) is 18.2 Å². The molecule has 0 aliphatic rings. The first-order valence-corrected chi connectivity index (χ1v) is 7.57. The van der Waals surface area contributed by atoms with Gasteiger partial charge in [0.2, 0.25) is 0 Å². The van der Waals surface area contributed by atoms with E-state index in [1.54, 1.807) is 37.4 Å². The quantitative estimate of drug-likeness (QED) is 0.764. The molecule has 3 N–H and O–H groups in total. The van der Waals surface area contributed by atoms with E-state index in [0.29, 0.717) is 32.7 Å². The van der Waals surface area contributed by atoms with Crippen molar-refractivity contribution < 1.29 is 9.53 Å². The Morgan fingerprint density at radius 2 is 2.05 bits per heavy atom. The predicted octanol–water partition coefficient (Wildman–Crippen LogP) is 3.79. The van der Waals surface area contributed by atoms with Crippen molar-refractivity contribution in [3.8, 4) is 5.75 Å². The molecule has 0 spiro atoms. The number of rotatable bonds is 3. The normalized spacial score (nSPS) is 10.6. The van der Waals surface area contributed by atoms with E-state index in [9.17, 15) is 4.79 Å². The van der Waals surface area contributed by atoms with E-state index in [-0.39, 0.29) is 5.91 Å². The highest BCUT2D eigenvalue weighted by molar-refractivity contribution is 7.22. The van der Waals surface area contributed by atoms with Gasteiger partial charge in [-0.3, -0.25) is 4.79 Å². The van der Waals surface area contributed by atoms with Crippen molar-refractivity contribution in [2.24, 2.45) is 0 Å². The van der Waals surface area contributed by atoms with Gasteiger partial charge in [-0.15, -0.1) is 0 Å². The minimum Gasteiger partial charge on any atom is -0.494 e. The zero-order chi connectivity index (χ0) is 15.7. The first-order chi connectivity index (χ1) is 10.6. The maximum Gasteiger partial charge on any atom is 0.255 e. The number of nitrogens with zero attached hydrogens (tertiary/aromatic N) is 1. The number of anilines is 2. The molecule has 0 aliphatic carbocycles. The lowest BCUT2D eigenvalue weighted by molar-refractivity contribution is 0.102. The van der Waals surface area contributed by atoms with Gasteiger partial charge in [0.1, 0.15) is 11.3 Å². The van der Waals surface area contributed by atoms with Gasteiger partial charge in [0.15, 0.2) is 5.13 Å². The Labute approximate surface area is 135 Å². The Balaban J connectivity index is 1.93. The van der Waals surface area contributed by atoms with Crippen molar-refractivity contribution in [1.29, 1.82) is 0 Å². The summed E-state index contributed by atoms with van der Waals surface area (Å²) in [7, 11) is 1.55. The third kappa shape index (κ3) is 2.84. The Morgan fingerprint density at radius 1 is 1.32 bits per heavy atom. The zero-order valence-electron chi connectivity index (χ0n) is 11.6. The molecule has 5 nitrogen and oxygen atoms in total. The highest BCUT2D eigenvalue weighted by Crippen LogP contribution is 2.34. The summed E-state index contributed by atoms with van der Waals surface area (Å²) in [5.74, 6) is 0.340. The summed E-state index contributed by atoms with van der Waals surface area (Å²) in [6.45, 7) is 0. The van der Waals surface area contributed by atoms with Crippen LogP contribution in [0, 0.1) is 0 Å². The van der Waals surface area contributed by atoms with E-state index in [4.69, 9.17) is 22.1 Å². The Hall–Kier alpha value is -2.31. The summed E-state index contributed by atoms with van der Waals surface area (Å²) in [6.07, 6.45) is 0. The average molecular weight is 334 g/mol. The van der Waals surface area contributed by atoms with Crippen LogP contribution in [0.15, 0.2) is 36.4 Å². The summed E-state index contributed by atoms with van der Waals surface area (Å²) in [6, 6.07) is 10.2. The lowest BCUT2D eigenvalue weighted by atomic mass is 10.2. The van der Waals surface area contributed by atoms with E-state index in [1.807, 2.05) is 6.07 Å². The number of hydrogen-bond acceptors (Lipinski definition) is 5. The number of nitrogens with two attached hydrogens (primary N) is 1. The molecule has 1 aromatic heterocycles. The van der Waals surface area contributed by atoms with E-state index in [0.717, 1.165) is 4.70 Å². The van der Waals surface area contributed by atoms with Gasteiger partial charge in [-0.1, -0.05) is 22.9 Å². The molecule has 0 unspecified atom stereocenters. The van der Waals surface area contributed by atoms with Gasteiger partial charge in [-0.05, 0) is 30.3 Å². The lowest BCUT2D eigenvalue weighted by Gasteiger charge is -2.08. The molecule has 7 heteroatoms. The predicted molar refractivity (Wildman–Crippen MR) is 90.0 cm³/mol.